The third-order valence-electron chi connectivity index (χ3n) is 4.16. The minimum Gasteiger partial charge on any atom is -0.311 e. The molecule has 2 aliphatic rings. The van der Waals surface area contributed by atoms with E-state index in [4.69, 9.17) is 0 Å². The lowest BCUT2D eigenvalue weighted by molar-refractivity contribution is 0.330. The van der Waals surface area contributed by atoms with E-state index in [-0.39, 0.29) is 0 Å². The first-order chi connectivity index (χ1) is 8.27. The number of piperidine rings is 1. The highest BCUT2D eigenvalue weighted by Crippen LogP contribution is 2.23. The van der Waals surface area contributed by atoms with E-state index in [2.05, 4.69) is 33.8 Å². The van der Waals surface area contributed by atoms with E-state index in [0.29, 0.717) is 12.1 Å². The van der Waals surface area contributed by atoms with Crippen LogP contribution in [0.2, 0.25) is 0 Å². The molecule has 4 heteroatoms. The van der Waals surface area contributed by atoms with E-state index in [0.717, 1.165) is 19.5 Å². The summed E-state index contributed by atoms with van der Waals surface area (Å²) in [5.74, 6) is 0. The average molecular weight is 234 g/mol. The number of fused-ring (bicyclic) bond motifs is 1. The van der Waals surface area contributed by atoms with Crippen LogP contribution in [0.3, 0.4) is 0 Å². The third kappa shape index (κ3) is 1.84. The van der Waals surface area contributed by atoms with Crippen LogP contribution in [0.25, 0.3) is 0 Å². The van der Waals surface area contributed by atoms with Gasteiger partial charge < -0.3 is 10.3 Å². The maximum Gasteiger partial charge on any atom is 0.115 e. The first-order valence-corrected chi connectivity index (χ1v) is 6.82. The Kier molecular flexibility index (Phi) is 2.82. The molecule has 0 aliphatic carbocycles. The number of imidazole rings is 1. The summed E-state index contributed by atoms with van der Waals surface area (Å²) in [7, 11) is 0. The Morgan fingerprint density at radius 1 is 1.29 bits per heavy atom. The van der Waals surface area contributed by atoms with Crippen molar-refractivity contribution in [2.24, 2.45) is 0 Å². The molecule has 2 aliphatic heterocycles. The highest BCUT2D eigenvalue weighted by atomic mass is 15.6. The van der Waals surface area contributed by atoms with Crippen LogP contribution < -0.4 is 10.3 Å². The molecule has 1 fully saturated rings. The molecule has 0 bridgehead atoms. The standard InChI is InChI=1S/C13H22N4/c1-10-4-3-5-11(2)17(10)16-9-15-12-8-14-7-6-13(12)16/h9-11,14H,3-8H2,1-2H3. The Hall–Kier alpha value is -1.03. The summed E-state index contributed by atoms with van der Waals surface area (Å²) < 4.78 is 2.34. The van der Waals surface area contributed by atoms with Crippen molar-refractivity contribution in [3.63, 3.8) is 0 Å². The molecule has 4 nitrogen and oxygen atoms in total. The quantitative estimate of drug-likeness (QED) is 0.798. The van der Waals surface area contributed by atoms with E-state index in [1.807, 2.05) is 6.33 Å². The number of hydrogen-bond donors (Lipinski definition) is 1. The molecule has 0 saturated carbocycles. The molecule has 1 N–H and O–H groups in total. The highest BCUT2D eigenvalue weighted by Gasteiger charge is 2.28. The Bertz CT molecular complexity index is 388. The van der Waals surface area contributed by atoms with Crippen molar-refractivity contribution in [1.29, 1.82) is 0 Å². The third-order valence-corrected chi connectivity index (χ3v) is 4.16. The number of aromatic nitrogens is 2. The van der Waals surface area contributed by atoms with E-state index >= 15 is 0 Å². The van der Waals surface area contributed by atoms with Crippen molar-refractivity contribution in [2.45, 2.75) is 58.2 Å². The normalized spacial score (nSPS) is 29.2. The monoisotopic (exact) mass is 234 g/mol. The van der Waals surface area contributed by atoms with Crippen LogP contribution in [-0.2, 0) is 13.0 Å². The van der Waals surface area contributed by atoms with Crippen LogP contribution in [0, 0.1) is 0 Å². The minimum absolute atomic E-state index is 0.631. The fraction of sp³-hybridized carbons (Fsp3) is 0.769. The summed E-state index contributed by atoms with van der Waals surface area (Å²) in [5.41, 5.74) is 2.66. The molecule has 17 heavy (non-hydrogen) atoms. The number of rotatable bonds is 1. The van der Waals surface area contributed by atoms with Gasteiger partial charge in [0.05, 0.1) is 11.4 Å². The van der Waals surface area contributed by atoms with Gasteiger partial charge in [0, 0.05) is 31.6 Å². The Morgan fingerprint density at radius 2 is 2.06 bits per heavy atom. The van der Waals surface area contributed by atoms with Gasteiger partial charge in [0.25, 0.3) is 0 Å². The van der Waals surface area contributed by atoms with Gasteiger partial charge in [-0.05, 0) is 33.1 Å². The lowest BCUT2D eigenvalue weighted by Crippen LogP contribution is -2.51. The van der Waals surface area contributed by atoms with Crippen LogP contribution in [-0.4, -0.2) is 28.3 Å². The van der Waals surface area contributed by atoms with Gasteiger partial charge in [-0.1, -0.05) is 0 Å². The molecule has 3 rings (SSSR count). The molecule has 2 atom stereocenters. The lowest BCUT2D eigenvalue weighted by atomic mass is 10.00. The SMILES string of the molecule is CC1CCCC(C)N1n1cnc2c1CCNC2. The number of nitrogens with zero attached hydrogens (tertiary/aromatic N) is 3. The van der Waals surface area contributed by atoms with Gasteiger partial charge in [-0.3, -0.25) is 0 Å². The summed E-state index contributed by atoms with van der Waals surface area (Å²) in [4.78, 5) is 4.56. The van der Waals surface area contributed by atoms with Crippen molar-refractivity contribution < 1.29 is 0 Å². The van der Waals surface area contributed by atoms with E-state index in [1.165, 1.54) is 30.7 Å². The van der Waals surface area contributed by atoms with Gasteiger partial charge in [0.15, 0.2) is 0 Å². The zero-order valence-electron chi connectivity index (χ0n) is 10.8. The largest absolute Gasteiger partial charge is 0.311 e. The van der Waals surface area contributed by atoms with Crippen LogP contribution in [0.5, 0.6) is 0 Å². The molecule has 2 unspecified atom stereocenters. The Morgan fingerprint density at radius 3 is 2.82 bits per heavy atom. The highest BCUT2D eigenvalue weighted by molar-refractivity contribution is 5.20. The molecule has 1 aromatic rings. The summed E-state index contributed by atoms with van der Waals surface area (Å²) in [6, 6.07) is 1.26. The van der Waals surface area contributed by atoms with Gasteiger partial charge in [-0.25, -0.2) is 9.66 Å². The fourth-order valence-corrected chi connectivity index (χ4v) is 3.25. The fourth-order valence-electron chi connectivity index (χ4n) is 3.25. The number of hydrogen-bond acceptors (Lipinski definition) is 3. The molecule has 3 heterocycles. The van der Waals surface area contributed by atoms with Crippen LogP contribution in [0.15, 0.2) is 6.33 Å². The van der Waals surface area contributed by atoms with Gasteiger partial charge in [0.2, 0.25) is 0 Å². The molecule has 1 saturated heterocycles. The van der Waals surface area contributed by atoms with Gasteiger partial charge >= 0.3 is 0 Å². The molecular formula is C13H22N4. The zero-order valence-corrected chi connectivity index (χ0v) is 10.8. The van der Waals surface area contributed by atoms with E-state index < -0.39 is 0 Å². The van der Waals surface area contributed by atoms with Crippen molar-refractivity contribution in [3.8, 4) is 0 Å². The van der Waals surface area contributed by atoms with Crippen molar-refractivity contribution >= 4 is 0 Å². The lowest BCUT2D eigenvalue weighted by Gasteiger charge is -2.42. The second-order valence-electron chi connectivity index (χ2n) is 5.42. The van der Waals surface area contributed by atoms with Crippen molar-refractivity contribution in [2.75, 3.05) is 11.6 Å². The second-order valence-corrected chi connectivity index (χ2v) is 5.42. The average Bonchev–Trinajstić information content (AvgIpc) is 2.73. The summed E-state index contributed by atoms with van der Waals surface area (Å²) in [6.07, 6.45) is 7.09. The molecule has 1 aromatic heterocycles. The molecule has 0 spiro atoms. The first-order valence-electron chi connectivity index (χ1n) is 6.82. The first kappa shape index (κ1) is 11.1. The number of nitrogens with one attached hydrogen (secondary N) is 1. The van der Waals surface area contributed by atoms with E-state index in [1.54, 1.807) is 0 Å². The molecule has 94 valence electrons. The van der Waals surface area contributed by atoms with Gasteiger partial charge in [0.1, 0.15) is 6.33 Å². The van der Waals surface area contributed by atoms with Crippen molar-refractivity contribution in [1.82, 2.24) is 15.0 Å². The van der Waals surface area contributed by atoms with Gasteiger partial charge in [-0.15, -0.1) is 0 Å². The molecule has 0 aromatic carbocycles. The topological polar surface area (TPSA) is 33.1 Å². The van der Waals surface area contributed by atoms with E-state index in [9.17, 15) is 0 Å². The Labute approximate surface area is 103 Å². The Balaban J connectivity index is 1.94. The van der Waals surface area contributed by atoms with Crippen LogP contribution in [0.1, 0.15) is 44.5 Å². The second kappa shape index (κ2) is 4.33. The smallest absolute Gasteiger partial charge is 0.115 e. The molecule has 0 amide bonds. The zero-order chi connectivity index (χ0) is 11.8. The van der Waals surface area contributed by atoms with Crippen LogP contribution >= 0.6 is 0 Å². The van der Waals surface area contributed by atoms with Gasteiger partial charge in [-0.2, -0.15) is 0 Å². The minimum atomic E-state index is 0.631. The summed E-state index contributed by atoms with van der Waals surface area (Å²) in [5, 5.41) is 5.91. The summed E-state index contributed by atoms with van der Waals surface area (Å²) >= 11 is 0. The predicted molar refractivity (Wildman–Crippen MR) is 68.6 cm³/mol. The predicted octanol–water partition coefficient (Wildman–Crippen LogP) is 1.43. The van der Waals surface area contributed by atoms with Crippen molar-refractivity contribution in [3.05, 3.63) is 17.7 Å². The summed E-state index contributed by atoms with van der Waals surface area (Å²) in [6.45, 7) is 6.68. The maximum absolute atomic E-state index is 4.56. The molecular weight excluding hydrogens is 212 g/mol. The van der Waals surface area contributed by atoms with Crippen LogP contribution in [0.4, 0.5) is 0 Å². The maximum atomic E-state index is 4.56. The molecule has 0 radical (unpaired) electrons.